The molecule has 26 heavy (non-hydrogen) atoms. The number of esters is 1. The van der Waals surface area contributed by atoms with Gasteiger partial charge in [0.05, 0.1) is 17.9 Å². The van der Waals surface area contributed by atoms with Gasteiger partial charge in [-0.05, 0) is 43.3 Å². The lowest BCUT2D eigenvalue weighted by atomic mass is 10.1. The van der Waals surface area contributed by atoms with E-state index in [1.807, 2.05) is 0 Å². The van der Waals surface area contributed by atoms with E-state index in [2.05, 4.69) is 14.5 Å². The number of rotatable bonds is 4. The molecule has 10 heteroatoms. The van der Waals surface area contributed by atoms with Crippen molar-refractivity contribution in [3.8, 4) is 17.0 Å². The van der Waals surface area contributed by atoms with Crippen molar-refractivity contribution in [2.24, 2.45) is 0 Å². The first kappa shape index (κ1) is 19.5. The number of hydrogen-bond donors (Lipinski definition) is 0. The van der Waals surface area contributed by atoms with E-state index < -0.39 is 35.5 Å². The standard InChI is InChI=1S/C16H11F6NO3/c1-2-25-14(24)11-7-8-12(23-13(11)15(17,18)19)9-3-5-10(6-4-9)26-16(20,21)22/h3-8H,2H2,1H3. The Kier molecular flexibility index (Phi) is 5.43. The summed E-state index contributed by atoms with van der Waals surface area (Å²) in [6.45, 7) is 1.33. The summed E-state index contributed by atoms with van der Waals surface area (Å²) in [5, 5.41) is 0. The minimum absolute atomic E-state index is 0.112. The molecule has 0 atom stereocenters. The van der Waals surface area contributed by atoms with Gasteiger partial charge in [0.15, 0.2) is 5.69 Å². The Morgan fingerprint density at radius 1 is 1.00 bits per heavy atom. The van der Waals surface area contributed by atoms with Gasteiger partial charge in [0.2, 0.25) is 0 Å². The molecule has 0 aliphatic heterocycles. The maximum absolute atomic E-state index is 13.2. The van der Waals surface area contributed by atoms with E-state index in [4.69, 9.17) is 0 Å². The third-order valence-electron chi connectivity index (χ3n) is 3.04. The third kappa shape index (κ3) is 4.87. The number of alkyl halides is 6. The van der Waals surface area contributed by atoms with Crippen LogP contribution in [0.5, 0.6) is 5.75 Å². The van der Waals surface area contributed by atoms with Crippen LogP contribution < -0.4 is 4.74 Å². The van der Waals surface area contributed by atoms with Crippen LogP contribution in [-0.2, 0) is 10.9 Å². The zero-order chi connectivity index (χ0) is 19.5. The van der Waals surface area contributed by atoms with Crippen LogP contribution >= 0.6 is 0 Å². The quantitative estimate of drug-likeness (QED) is 0.563. The number of ether oxygens (including phenoxy) is 2. The fourth-order valence-electron chi connectivity index (χ4n) is 2.04. The van der Waals surface area contributed by atoms with Crippen molar-refractivity contribution in [2.45, 2.75) is 19.5 Å². The molecular weight excluding hydrogens is 368 g/mol. The summed E-state index contributed by atoms with van der Waals surface area (Å²) < 4.78 is 84.2. The minimum atomic E-state index is -4.92. The molecule has 0 amide bonds. The average molecular weight is 379 g/mol. The molecule has 0 bridgehead atoms. The Hall–Kier alpha value is -2.78. The van der Waals surface area contributed by atoms with Crippen LogP contribution in [0.2, 0.25) is 0 Å². The molecule has 0 spiro atoms. The maximum atomic E-state index is 13.2. The summed E-state index contributed by atoms with van der Waals surface area (Å²) in [5.74, 6) is -1.70. The maximum Gasteiger partial charge on any atom is 0.573 e. The molecule has 1 heterocycles. The van der Waals surface area contributed by atoms with Crippen molar-refractivity contribution >= 4 is 5.97 Å². The van der Waals surface area contributed by atoms with Gasteiger partial charge in [0.25, 0.3) is 0 Å². The average Bonchev–Trinajstić information content (AvgIpc) is 2.53. The lowest BCUT2D eigenvalue weighted by Gasteiger charge is -2.13. The minimum Gasteiger partial charge on any atom is -0.462 e. The Labute approximate surface area is 143 Å². The van der Waals surface area contributed by atoms with E-state index in [0.717, 1.165) is 36.4 Å². The first-order valence-electron chi connectivity index (χ1n) is 7.13. The van der Waals surface area contributed by atoms with Gasteiger partial charge in [0, 0.05) is 5.56 Å². The zero-order valence-electron chi connectivity index (χ0n) is 13.1. The van der Waals surface area contributed by atoms with Crippen molar-refractivity contribution in [1.29, 1.82) is 0 Å². The first-order valence-corrected chi connectivity index (χ1v) is 7.13. The van der Waals surface area contributed by atoms with E-state index in [-0.39, 0.29) is 17.9 Å². The summed E-state index contributed by atoms with van der Waals surface area (Å²) in [6.07, 6.45) is -9.80. The molecule has 0 aliphatic carbocycles. The third-order valence-corrected chi connectivity index (χ3v) is 3.04. The summed E-state index contributed by atoms with van der Waals surface area (Å²) in [4.78, 5) is 15.1. The normalized spacial score (nSPS) is 12.0. The van der Waals surface area contributed by atoms with Gasteiger partial charge in [0.1, 0.15) is 5.75 Å². The van der Waals surface area contributed by atoms with Gasteiger partial charge >= 0.3 is 18.5 Å². The van der Waals surface area contributed by atoms with E-state index in [9.17, 15) is 31.1 Å². The molecule has 0 unspecified atom stereocenters. The second-order valence-electron chi connectivity index (χ2n) is 4.88. The van der Waals surface area contributed by atoms with Gasteiger partial charge in [-0.15, -0.1) is 13.2 Å². The van der Waals surface area contributed by atoms with E-state index in [0.29, 0.717) is 0 Å². The number of carbonyl (C=O) groups is 1. The fraction of sp³-hybridized carbons (Fsp3) is 0.250. The molecular formula is C16H11F6NO3. The number of nitrogens with zero attached hydrogens (tertiary/aromatic N) is 1. The van der Waals surface area contributed by atoms with Crippen LogP contribution in [0, 0.1) is 0 Å². The van der Waals surface area contributed by atoms with Crippen LogP contribution in [0.25, 0.3) is 11.3 Å². The molecule has 140 valence electrons. The van der Waals surface area contributed by atoms with E-state index in [1.54, 1.807) is 0 Å². The van der Waals surface area contributed by atoms with Crippen LogP contribution in [-0.4, -0.2) is 23.9 Å². The molecule has 2 rings (SSSR count). The Morgan fingerprint density at radius 3 is 2.12 bits per heavy atom. The van der Waals surface area contributed by atoms with Crippen LogP contribution in [0.3, 0.4) is 0 Å². The molecule has 0 N–H and O–H groups in total. The van der Waals surface area contributed by atoms with E-state index >= 15 is 0 Å². The molecule has 0 fully saturated rings. The molecule has 1 aromatic heterocycles. The molecule has 0 saturated heterocycles. The van der Waals surface area contributed by atoms with Crippen molar-refractivity contribution in [3.63, 3.8) is 0 Å². The number of aromatic nitrogens is 1. The van der Waals surface area contributed by atoms with Crippen molar-refractivity contribution in [3.05, 3.63) is 47.7 Å². The molecule has 1 aromatic carbocycles. The lowest BCUT2D eigenvalue weighted by Crippen LogP contribution is -2.17. The van der Waals surface area contributed by atoms with Gasteiger partial charge in [-0.1, -0.05) is 0 Å². The smallest absolute Gasteiger partial charge is 0.462 e. The highest BCUT2D eigenvalue weighted by Gasteiger charge is 2.38. The fourth-order valence-corrected chi connectivity index (χ4v) is 2.04. The van der Waals surface area contributed by atoms with Crippen LogP contribution in [0.15, 0.2) is 36.4 Å². The van der Waals surface area contributed by atoms with Crippen molar-refractivity contribution in [2.75, 3.05) is 6.61 Å². The van der Waals surface area contributed by atoms with Gasteiger partial charge in [-0.25, -0.2) is 9.78 Å². The number of hydrogen-bond acceptors (Lipinski definition) is 4. The molecule has 4 nitrogen and oxygen atoms in total. The Bertz CT molecular complexity index is 784. The highest BCUT2D eigenvalue weighted by atomic mass is 19.4. The number of carbonyl (C=O) groups excluding carboxylic acids is 1. The molecule has 0 aliphatic rings. The topological polar surface area (TPSA) is 48.4 Å². The van der Waals surface area contributed by atoms with Crippen LogP contribution in [0.4, 0.5) is 26.3 Å². The number of pyridine rings is 1. The molecule has 2 aromatic rings. The molecule has 0 radical (unpaired) electrons. The zero-order valence-corrected chi connectivity index (χ0v) is 13.1. The summed E-state index contributed by atoms with van der Waals surface area (Å²) in [5.41, 5.74) is -2.26. The van der Waals surface area contributed by atoms with Gasteiger partial charge < -0.3 is 9.47 Å². The molecule has 0 saturated carbocycles. The van der Waals surface area contributed by atoms with Crippen molar-refractivity contribution < 1.29 is 40.6 Å². The Morgan fingerprint density at radius 2 is 1.62 bits per heavy atom. The summed E-state index contributed by atoms with van der Waals surface area (Å²) in [7, 11) is 0. The summed E-state index contributed by atoms with van der Waals surface area (Å²) in [6, 6.07) is 6.17. The lowest BCUT2D eigenvalue weighted by molar-refractivity contribution is -0.274. The highest BCUT2D eigenvalue weighted by Crippen LogP contribution is 2.33. The second-order valence-corrected chi connectivity index (χ2v) is 4.88. The van der Waals surface area contributed by atoms with Gasteiger partial charge in [-0.2, -0.15) is 13.2 Å². The SMILES string of the molecule is CCOC(=O)c1ccc(-c2ccc(OC(F)(F)F)cc2)nc1C(F)(F)F. The monoisotopic (exact) mass is 379 g/mol. The Balaban J connectivity index is 2.40. The van der Waals surface area contributed by atoms with Gasteiger partial charge in [-0.3, -0.25) is 0 Å². The second kappa shape index (κ2) is 7.22. The summed E-state index contributed by atoms with van der Waals surface area (Å²) >= 11 is 0. The van der Waals surface area contributed by atoms with E-state index in [1.165, 1.54) is 6.92 Å². The predicted octanol–water partition coefficient (Wildman–Crippen LogP) is 4.84. The predicted molar refractivity (Wildman–Crippen MR) is 77.3 cm³/mol. The highest BCUT2D eigenvalue weighted by molar-refractivity contribution is 5.91. The number of halogens is 6. The van der Waals surface area contributed by atoms with Crippen LogP contribution in [0.1, 0.15) is 23.0 Å². The largest absolute Gasteiger partial charge is 0.573 e. The number of benzene rings is 1. The first-order chi connectivity index (χ1) is 12.0. The van der Waals surface area contributed by atoms with Crippen molar-refractivity contribution in [1.82, 2.24) is 4.98 Å².